The Labute approximate surface area is 114 Å². The van der Waals surface area contributed by atoms with Crippen molar-refractivity contribution < 1.29 is 0 Å². The summed E-state index contributed by atoms with van der Waals surface area (Å²) in [7, 11) is 2.16. The molecule has 2 heterocycles. The van der Waals surface area contributed by atoms with Crippen LogP contribution in [0.1, 0.15) is 36.6 Å². The molecule has 0 bridgehead atoms. The largest absolute Gasteiger partial charge is 0.338 e. The molecule has 0 aromatic carbocycles. The first-order chi connectivity index (χ1) is 9.24. The number of likely N-dealkylation sites (N-methyl/N-ethyl adjacent to an activating group) is 1. The van der Waals surface area contributed by atoms with Crippen LogP contribution < -0.4 is 10.6 Å². The summed E-state index contributed by atoms with van der Waals surface area (Å²) in [6.07, 6.45) is 6.46. The number of aromatic nitrogens is 2. The minimum Gasteiger partial charge on any atom is -0.338 e. The molecule has 1 saturated heterocycles. The normalized spacial score (nSPS) is 24.9. The summed E-state index contributed by atoms with van der Waals surface area (Å²) in [6, 6.07) is 0.124. The van der Waals surface area contributed by atoms with Crippen molar-refractivity contribution in [3.63, 3.8) is 0 Å². The first-order valence-electron chi connectivity index (χ1n) is 7.29. The van der Waals surface area contributed by atoms with E-state index in [0.717, 1.165) is 50.5 Å². The van der Waals surface area contributed by atoms with Gasteiger partial charge in [-0.1, -0.05) is 6.42 Å². The van der Waals surface area contributed by atoms with Gasteiger partial charge in [0, 0.05) is 44.0 Å². The lowest BCUT2D eigenvalue weighted by atomic mass is 10.1. The maximum atomic E-state index is 6.19. The number of hydrogen-bond donors (Lipinski definition) is 1. The first kappa shape index (κ1) is 12.8. The third-order valence-corrected chi connectivity index (χ3v) is 4.25. The van der Waals surface area contributed by atoms with Crippen LogP contribution in [0.25, 0.3) is 0 Å². The van der Waals surface area contributed by atoms with Crippen LogP contribution in [0.15, 0.2) is 6.20 Å². The minimum absolute atomic E-state index is 0.124. The van der Waals surface area contributed by atoms with E-state index in [-0.39, 0.29) is 6.04 Å². The van der Waals surface area contributed by atoms with Gasteiger partial charge in [0.25, 0.3) is 0 Å². The number of anilines is 1. The highest BCUT2D eigenvalue weighted by Gasteiger charge is 2.21. The molecule has 0 spiro atoms. The smallest absolute Gasteiger partial charge is 0.225 e. The number of hydrogen-bond acceptors (Lipinski definition) is 5. The summed E-state index contributed by atoms with van der Waals surface area (Å²) >= 11 is 0. The van der Waals surface area contributed by atoms with Gasteiger partial charge in [0.05, 0.1) is 5.69 Å². The van der Waals surface area contributed by atoms with Gasteiger partial charge < -0.3 is 15.5 Å². The monoisotopic (exact) mass is 261 g/mol. The van der Waals surface area contributed by atoms with Crippen LogP contribution in [-0.2, 0) is 6.42 Å². The van der Waals surface area contributed by atoms with Crippen molar-refractivity contribution in [2.45, 2.75) is 31.7 Å². The minimum atomic E-state index is 0.124. The van der Waals surface area contributed by atoms with Gasteiger partial charge in [0.15, 0.2) is 0 Å². The van der Waals surface area contributed by atoms with Crippen LogP contribution in [0.3, 0.4) is 0 Å². The Hall–Kier alpha value is -1.20. The lowest BCUT2D eigenvalue weighted by Gasteiger charge is -2.32. The van der Waals surface area contributed by atoms with Gasteiger partial charge in [0.2, 0.25) is 5.95 Å². The van der Waals surface area contributed by atoms with E-state index >= 15 is 0 Å². The van der Waals surface area contributed by atoms with Gasteiger partial charge in [-0.25, -0.2) is 9.97 Å². The van der Waals surface area contributed by atoms with Crippen molar-refractivity contribution in [3.05, 3.63) is 17.5 Å². The zero-order valence-electron chi connectivity index (χ0n) is 11.7. The molecule has 1 fully saturated rings. The Morgan fingerprint density at radius 1 is 1.21 bits per heavy atom. The second-order valence-electron chi connectivity index (χ2n) is 5.71. The molecule has 0 radical (unpaired) electrons. The number of fused-ring (bicyclic) bond motifs is 1. The molecular weight excluding hydrogens is 238 g/mol. The van der Waals surface area contributed by atoms with Crippen molar-refractivity contribution in [2.24, 2.45) is 5.73 Å². The number of rotatable bonds is 1. The number of nitrogens with two attached hydrogens (primary N) is 1. The number of nitrogens with zero attached hydrogens (tertiary/aromatic N) is 4. The quantitative estimate of drug-likeness (QED) is 0.763. The van der Waals surface area contributed by atoms with E-state index in [1.807, 2.05) is 6.20 Å². The highest BCUT2D eigenvalue weighted by molar-refractivity contribution is 5.35. The summed E-state index contributed by atoms with van der Waals surface area (Å²) in [5, 5.41) is 0. The third-order valence-electron chi connectivity index (χ3n) is 4.25. The fourth-order valence-corrected chi connectivity index (χ4v) is 2.90. The van der Waals surface area contributed by atoms with Gasteiger partial charge in [-0.15, -0.1) is 0 Å². The lowest BCUT2D eigenvalue weighted by molar-refractivity contribution is 0.311. The van der Waals surface area contributed by atoms with Crippen LogP contribution in [-0.4, -0.2) is 48.1 Å². The van der Waals surface area contributed by atoms with Crippen LogP contribution in [0.5, 0.6) is 0 Å². The van der Waals surface area contributed by atoms with E-state index in [1.54, 1.807) is 0 Å². The Morgan fingerprint density at radius 3 is 2.79 bits per heavy atom. The summed E-state index contributed by atoms with van der Waals surface area (Å²) in [5.41, 5.74) is 8.53. The van der Waals surface area contributed by atoms with Crippen LogP contribution in [0.2, 0.25) is 0 Å². The zero-order chi connectivity index (χ0) is 13.2. The van der Waals surface area contributed by atoms with E-state index in [2.05, 4.69) is 21.8 Å². The van der Waals surface area contributed by atoms with Crippen LogP contribution in [0, 0.1) is 0 Å². The van der Waals surface area contributed by atoms with Crippen molar-refractivity contribution in [3.8, 4) is 0 Å². The molecule has 5 nitrogen and oxygen atoms in total. The van der Waals surface area contributed by atoms with E-state index in [0.29, 0.717) is 0 Å². The van der Waals surface area contributed by atoms with E-state index in [9.17, 15) is 0 Å². The van der Waals surface area contributed by atoms with Gasteiger partial charge in [-0.05, 0) is 26.3 Å². The molecule has 19 heavy (non-hydrogen) atoms. The molecule has 1 aromatic rings. The molecule has 0 saturated carbocycles. The predicted molar refractivity (Wildman–Crippen MR) is 76.2 cm³/mol. The maximum Gasteiger partial charge on any atom is 0.225 e. The predicted octanol–water partition coefficient (Wildman–Crippen LogP) is 0.955. The average molecular weight is 261 g/mol. The summed E-state index contributed by atoms with van der Waals surface area (Å²) in [5.74, 6) is 0.890. The van der Waals surface area contributed by atoms with Gasteiger partial charge in [-0.2, -0.15) is 0 Å². The SMILES string of the molecule is CN1CCN(c2ncc3c(n2)CCCCC3N)CC1. The molecule has 104 valence electrons. The Morgan fingerprint density at radius 2 is 2.00 bits per heavy atom. The average Bonchev–Trinajstić information content (AvgIpc) is 2.61. The molecule has 3 rings (SSSR count). The third kappa shape index (κ3) is 2.72. The zero-order valence-corrected chi connectivity index (χ0v) is 11.7. The fraction of sp³-hybridized carbons (Fsp3) is 0.714. The number of aryl methyl sites for hydroxylation is 1. The van der Waals surface area contributed by atoms with Crippen molar-refractivity contribution in [2.75, 3.05) is 38.1 Å². The topological polar surface area (TPSA) is 58.3 Å². The van der Waals surface area contributed by atoms with E-state index < -0.39 is 0 Å². The summed E-state index contributed by atoms with van der Waals surface area (Å²) in [4.78, 5) is 14.0. The Bertz CT molecular complexity index is 439. The standard InChI is InChI=1S/C14H23N5/c1-18-6-8-19(9-7-18)14-16-10-11-12(15)4-2-3-5-13(11)17-14/h10,12H,2-9,15H2,1H3. The summed E-state index contributed by atoms with van der Waals surface area (Å²) in [6.45, 7) is 4.20. The highest BCUT2D eigenvalue weighted by Crippen LogP contribution is 2.26. The summed E-state index contributed by atoms with van der Waals surface area (Å²) < 4.78 is 0. The molecule has 0 amide bonds. The molecule has 2 N–H and O–H groups in total. The van der Waals surface area contributed by atoms with Crippen molar-refractivity contribution in [1.82, 2.24) is 14.9 Å². The molecular formula is C14H23N5. The second kappa shape index (κ2) is 5.43. The van der Waals surface area contributed by atoms with E-state index in [1.165, 1.54) is 18.5 Å². The number of piperazine rings is 1. The van der Waals surface area contributed by atoms with E-state index in [4.69, 9.17) is 10.7 Å². The Kier molecular flexibility index (Phi) is 3.66. The van der Waals surface area contributed by atoms with Gasteiger partial charge in [-0.3, -0.25) is 0 Å². The molecule has 1 unspecified atom stereocenters. The van der Waals surface area contributed by atoms with Crippen LogP contribution in [0.4, 0.5) is 5.95 Å². The molecule has 1 aromatic heterocycles. The highest BCUT2D eigenvalue weighted by atomic mass is 15.3. The molecule has 5 heteroatoms. The van der Waals surface area contributed by atoms with Gasteiger partial charge in [0.1, 0.15) is 0 Å². The lowest BCUT2D eigenvalue weighted by Crippen LogP contribution is -2.45. The second-order valence-corrected chi connectivity index (χ2v) is 5.71. The maximum absolute atomic E-state index is 6.19. The van der Waals surface area contributed by atoms with Crippen molar-refractivity contribution in [1.29, 1.82) is 0 Å². The fourth-order valence-electron chi connectivity index (χ4n) is 2.90. The molecule has 1 aliphatic heterocycles. The molecule has 2 aliphatic rings. The molecule has 1 aliphatic carbocycles. The van der Waals surface area contributed by atoms with Crippen LogP contribution >= 0.6 is 0 Å². The molecule has 1 atom stereocenters. The Balaban J connectivity index is 1.82. The van der Waals surface area contributed by atoms with Gasteiger partial charge >= 0.3 is 0 Å². The first-order valence-corrected chi connectivity index (χ1v) is 7.29. The van der Waals surface area contributed by atoms with Crippen molar-refractivity contribution >= 4 is 5.95 Å².